The molecule has 0 fully saturated rings. The number of hydrogen-bond donors (Lipinski definition) is 2. The third kappa shape index (κ3) is 4.71. The summed E-state index contributed by atoms with van der Waals surface area (Å²) in [5.41, 5.74) is 0.231. The van der Waals surface area contributed by atoms with E-state index < -0.39 is 24.7 Å². The van der Waals surface area contributed by atoms with Gasteiger partial charge in [-0.15, -0.1) is 11.3 Å². The Labute approximate surface area is 141 Å². The molecule has 12 heteroatoms. The van der Waals surface area contributed by atoms with Crippen molar-refractivity contribution in [2.75, 3.05) is 12.3 Å². The summed E-state index contributed by atoms with van der Waals surface area (Å²) in [5, 5.41) is 5.26. The molecule has 24 heavy (non-hydrogen) atoms. The lowest BCUT2D eigenvalue weighted by Crippen LogP contribution is -2.44. The molecule has 2 aromatic rings. The van der Waals surface area contributed by atoms with Crippen LogP contribution in [-0.2, 0) is 11.8 Å². The molecule has 130 valence electrons. The lowest BCUT2D eigenvalue weighted by atomic mass is 10.5. The van der Waals surface area contributed by atoms with Gasteiger partial charge in [0.2, 0.25) is 5.91 Å². The Hall–Kier alpha value is -2.08. The first-order chi connectivity index (χ1) is 11.2. The fourth-order valence-corrected chi connectivity index (χ4v) is 3.19. The molecular formula is C12H11F3N4O3S2. The molecule has 2 aromatic heterocycles. The van der Waals surface area contributed by atoms with Crippen molar-refractivity contribution < 1.29 is 22.8 Å². The molecule has 0 unspecified atom stereocenters. The number of aromatic nitrogens is 2. The molecule has 7 nitrogen and oxygen atoms in total. The molecule has 2 rings (SSSR count). The molecule has 2 heterocycles. The predicted octanol–water partition coefficient (Wildman–Crippen LogP) is 1.48. The summed E-state index contributed by atoms with van der Waals surface area (Å²) in [7, 11) is 1.49. The zero-order valence-electron chi connectivity index (χ0n) is 12.1. The topological polar surface area (TPSA) is 93.1 Å². The minimum absolute atomic E-state index is 0.261. The number of thioether (sulfide) groups is 1. The Morgan fingerprint density at radius 3 is 2.79 bits per heavy atom. The molecular weight excluding hydrogens is 369 g/mol. The summed E-state index contributed by atoms with van der Waals surface area (Å²) in [4.78, 5) is 39.0. The summed E-state index contributed by atoms with van der Waals surface area (Å²) in [6.45, 7) is -1.54. The number of nitrogens with zero attached hydrogens (tertiary/aromatic N) is 2. The summed E-state index contributed by atoms with van der Waals surface area (Å²) < 4.78 is 37.6. The average Bonchev–Trinajstić information content (AvgIpc) is 2.95. The largest absolute Gasteiger partial charge is 0.405 e. The van der Waals surface area contributed by atoms with E-state index in [1.807, 2.05) is 0 Å². The van der Waals surface area contributed by atoms with Crippen LogP contribution in [0.4, 0.5) is 18.0 Å². The predicted molar refractivity (Wildman–Crippen MR) is 83.2 cm³/mol. The third-order valence-corrected chi connectivity index (χ3v) is 4.60. The van der Waals surface area contributed by atoms with Crippen molar-refractivity contribution in [1.82, 2.24) is 20.2 Å². The molecule has 0 aromatic carbocycles. The van der Waals surface area contributed by atoms with E-state index in [1.165, 1.54) is 28.3 Å². The van der Waals surface area contributed by atoms with Crippen molar-refractivity contribution in [1.29, 1.82) is 0 Å². The monoisotopic (exact) mass is 380 g/mol. The van der Waals surface area contributed by atoms with E-state index >= 15 is 0 Å². The number of hydrogen-bond acceptors (Lipinski definition) is 6. The molecule has 0 atom stereocenters. The van der Waals surface area contributed by atoms with Gasteiger partial charge in [0.15, 0.2) is 5.16 Å². The second-order valence-corrected chi connectivity index (χ2v) is 6.39. The maximum atomic E-state index is 12.1. The zero-order valence-corrected chi connectivity index (χ0v) is 13.8. The van der Waals surface area contributed by atoms with Crippen LogP contribution in [0, 0.1) is 0 Å². The van der Waals surface area contributed by atoms with Gasteiger partial charge in [-0.1, -0.05) is 11.8 Å². The molecule has 3 amide bonds. The van der Waals surface area contributed by atoms with Crippen LogP contribution in [0.3, 0.4) is 0 Å². The fourth-order valence-electron chi connectivity index (χ4n) is 1.61. The van der Waals surface area contributed by atoms with Crippen LogP contribution in [0.1, 0.15) is 0 Å². The first kappa shape index (κ1) is 18.3. The summed E-state index contributed by atoms with van der Waals surface area (Å²) in [6.07, 6.45) is -4.56. The van der Waals surface area contributed by atoms with Gasteiger partial charge in [0.1, 0.15) is 11.2 Å². The van der Waals surface area contributed by atoms with Crippen LogP contribution in [0.5, 0.6) is 0 Å². The van der Waals surface area contributed by atoms with Crippen LogP contribution < -0.4 is 16.2 Å². The number of urea groups is 1. The van der Waals surface area contributed by atoms with Gasteiger partial charge in [0, 0.05) is 7.05 Å². The molecule has 0 aliphatic heterocycles. The Morgan fingerprint density at radius 2 is 2.12 bits per heavy atom. The van der Waals surface area contributed by atoms with Gasteiger partial charge in [-0.2, -0.15) is 13.2 Å². The highest BCUT2D eigenvalue weighted by molar-refractivity contribution is 7.99. The van der Waals surface area contributed by atoms with Crippen molar-refractivity contribution in [3.05, 3.63) is 21.8 Å². The number of rotatable bonds is 4. The third-order valence-electron chi connectivity index (χ3n) is 2.68. The fraction of sp³-hybridized carbons (Fsp3) is 0.333. The number of amides is 3. The minimum Gasteiger partial charge on any atom is -0.329 e. The SMILES string of the molecule is Cn1c(SCC(=O)NC(=O)NCC(F)(F)F)nc2ccsc2c1=O. The van der Waals surface area contributed by atoms with Gasteiger partial charge in [0.05, 0.1) is 11.3 Å². The number of imide groups is 1. The number of alkyl halides is 3. The van der Waals surface area contributed by atoms with Crippen molar-refractivity contribution in [3.8, 4) is 0 Å². The molecule has 2 N–H and O–H groups in total. The highest BCUT2D eigenvalue weighted by Crippen LogP contribution is 2.19. The van der Waals surface area contributed by atoms with Gasteiger partial charge in [-0.3, -0.25) is 19.5 Å². The van der Waals surface area contributed by atoms with Crippen LogP contribution in [0.25, 0.3) is 10.2 Å². The summed E-state index contributed by atoms with van der Waals surface area (Å²) >= 11 is 2.14. The van der Waals surface area contributed by atoms with Crippen molar-refractivity contribution >= 4 is 45.3 Å². The van der Waals surface area contributed by atoms with Crippen LogP contribution in [-0.4, -0.2) is 40.0 Å². The number of carbonyl (C=O) groups is 2. The molecule has 0 spiro atoms. The van der Waals surface area contributed by atoms with E-state index in [-0.39, 0.29) is 16.5 Å². The van der Waals surface area contributed by atoms with Crippen molar-refractivity contribution in [2.24, 2.45) is 7.05 Å². The highest BCUT2D eigenvalue weighted by atomic mass is 32.2. The Bertz CT molecular complexity index is 831. The standard InChI is InChI=1S/C12H11F3N4O3S2/c1-19-9(21)8-6(2-3-23-8)17-11(19)24-4-7(20)18-10(22)16-5-12(13,14)15/h2-3H,4-5H2,1H3,(H2,16,18,20,22). The van der Waals surface area contributed by atoms with E-state index in [2.05, 4.69) is 4.98 Å². The van der Waals surface area contributed by atoms with Crippen molar-refractivity contribution in [3.63, 3.8) is 0 Å². The maximum Gasteiger partial charge on any atom is 0.405 e. The average molecular weight is 380 g/mol. The first-order valence-corrected chi connectivity index (χ1v) is 8.25. The Kier molecular flexibility index (Phi) is 5.49. The van der Waals surface area contributed by atoms with E-state index in [1.54, 1.807) is 16.8 Å². The summed E-state index contributed by atoms with van der Waals surface area (Å²) in [5.74, 6) is -1.09. The lowest BCUT2D eigenvalue weighted by Gasteiger charge is -2.09. The number of nitrogens with one attached hydrogen (secondary N) is 2. The number of halogens is 3. The number of carbonyl (C=O) groups excluding carboxylic acids is 2. The van der Waals surface area contributed by atoms with Gasteiger partial charge in [0.25, 0.3) is 5.56 Å². The lowest BCUT2D eigenvalue weighted by molar-refractivity contribution is -0.124. The molecule has 0 aliphatic rings. The van der Waals surface area contributed by atoms with Crippen LogP contribution in [0.15, 0.2) is 21.4 Å². The Morgan fingerprint density at radius 1 is 1.42 bits per heavy atom. The number of thiophene rings is 1. The minimum atomic E-state index is -4.56. The van der Waals surface area contributed by atoms with Gasteiger partial charge >= 0.3 is 12.2 Å². The second kappa shape index (κ2) is 7.21. The molecule has 0 aliphatic carbocycles. The molecule has 0 radical (unpaired) electrons. The van der Waals surface area contributed by atoms with Gasteiger partial charge in [-0.25, -0.2) is 9.78 Å². The summed E-state index contributed by atoms with van der Waals surface area (Å²) in [6, 6.07) is 0.420. The van der Waals surface area contributed by atoms with Gasteiger partial charge in [-0.05, 0) is 11.4 Å². The van der Waals surface area contributed by atoms with E-state index in [0.717, 1.165) is 11.8 Å². The van der Waals surface area contributed by atoms with E-state index in [0.29, 0.717) is 10.2 Å². The van der Waals surface area contributed by atoms with Crippen LogP contribution in [0.2, 0.25) is 0 Å². The normalized spacial score (nSPS) is 11.5. The molecule has 0 saturated carbocycles. The van der Waals surface area contributed by atoms with E-state index in [9.17, 15) is 27.6 Å². The number of fused-ring (bicyclic) bond motifs is 1. The smallest absolute Gasteiger partial charge is 0.329 e. The van der Waals surface area contributed by atoms with Crippen molar-refractivity contribution in [2.45, 2.75) is 11.3 Å². The van der Waals surface area contributed by atoms with E-state index in [4.69, 9.17) is 0 Å². The first-order valence-electron chi connectivity index (χ1n) is 6.39. The molecule has 0 bridgehead atoms. The van der Waals surface area contributed by atoms with Gasteiger partial charge < -0.3 is 5.32 Å². The quantitative estimate of drug-likeness (QED) is 0.619. The zero-order chi connectivity index (χ0) is 17.9. The second-order valence-electron chi connectivity index (χ2n) is 4.53. The van der Waals surface area contributed by atoms with Crippen LogP contribution >= 0.6 is 23.1 Å². The maximum absolute atomic E-state index is 12.1. The molecule has 0 saturated heterocycles. The Balaban J connectivity index is 1.93. The highest BCUT2D eigenvalue weighted by Gasteiger charge is 2.28.